The number of halogens is 3. The topological polar surface area (TPSA) is 100 Å². The van der Waals surface area contributed by atoms with Crippen molar-refractivity contribution in [1.82, 2.24) is 19.9 Å². The van der Waals surface area contributed by atoms with E-state index in [4.69, 9.17) is 9.97 Å². The molecule has 2 aromatic carbocycles. The normalized spacial score (nSPS) is 14.0. The van der Waals surface area contributed by atoms with Gasteiger partial charge < -0.3 is 10.2 Å². The third-order valence-corrected chi connectivity index (χ3v) is 9.58. The highest BCUT2D eigenvalue weighted by Crippen LogP contribution is 2.39. The molecule has 1 fully saturated rings. The predicted molar refractivity (Wildman–Crippen MR) is 159 cm³/mol. The average molecular weight is 617 g/mol. The number of anilines is 2. The van der Waals surface area contributed by atoms with E-state index in [1.165, 1.54) is 36.3 Å². The van der Waals surface area contributed by atoms with E-state index < -0.39 is 38.1 Å². The Morgan fingerprint density at radius 3 is 2.52 bits per heavy atom. The smallest absolute Gasteiger partial charge is 0.265 e. The first-order valence-electron chi connectivity index (χ1n) is 13.7. The third kappa shape index (κ3) is 6.90. The largest absolute Gasteiger partial charge is 0.354 e. The summed E-state index contributed by atoms with van der Waals surface area (Å²) in [5.74, 6) is -2.42. The molecule has 1 aliphatic heterocycles. The van der Waals surface area contributed by atoms with Crippen LogP contribution in [0.25, 0.3) is 21.8 Å². The Balaban J connectivity index is 1.43. The minimum absolute atomic E-state index is 0.0851. The number of benzene rings is 2. The summed E-state index contributed by atoms with van der Waals surface area (Å²) in [6.07, 6.45) is 5.12. The molecule has 8 nitrogen and oxygen atoms in total. The van der Waals surface area contributed by atoms with Crippen LogP contribution < -0.4 is 10.0 Å². The van der Waals surface area contributed by atoms with E-state index in [9.17, 15) is 21.6 Å². The van der Waals surface area contributed by atoms with Crippen molar-refractivity contribution >= 4 is 33.0 Å². The van der Waals surface area contributed by atoms with Gasteiger partial charge in [-0.2, -0.15) is 0 Å². The van der Waals surface area contributed by atoms with Crippen molar-refractivity contribution in [2.24, 2.45) is 0 Å². The molecule has 1 aliphatic rings. The molecule has 4 aromatic rings. The number of thiazole rings is 1. The lowest BCUT2D eigenvalue weighted by atomic mass is 10.1. The van der Waals surface area contributed by atoms with E-state index in [0.29, 0.717) is 39.9 Å². The zero-order valence-electron chi connectivity index (χ0n) is 23.2. The van der Waals surface area contributed by atoms with Crippen LogP contribution in [-0.4, -0.2) is 54.4 Å². The lowest BCUT2D eigenvalue weighted by Crippen LogP contribution is -2.22. The minimum Gasteiger partial charge on any atom is -0.354 e. The number of rotatable bonds is 11. The molecule has 42 heavy (non-hydrogen) atoms. The van der Waals surface area contributed by atoms with Crippen LogP contribution >= 0.6 is 11.3 Å². The molecule has 2 N–H and O–H groups in total. The molecule has 0 atom stereocenters. The summed E-state index contributed by atoms with van der Waals surface area (Å²) in [6.45, 7) is 8.03. The van der Waals surface area contributed by atoms with Crippen LogP contribution in [0.1, 0.15) is 44.0 Å². The summed E-state index contributed by atoms with van der Waals surface area (Å²) in [5, 5.41) is 4.10. The fourth-order valence-electron chi connectivity index (χ4n) is 4.67. The first-order valence-corrected chi connectivity index (χ1v) is 16.0. The maximum absolute atomic E-state index is 14.8. The van der Waals surface area contributed by atoms with E-state index >= 15 is 0 Å². The van der Waals surface area contributed by atoms with E-state index in [1.807, 2.05) is 13.8 Å². The molecule has 0 amide bonds. The van der Waals surface area contributed by atoms with Crippen molar-refractivity contribution in [3.05, 3.63) is 71.1 Å². The van der Waals surface area contributed by atoms with Crippen LogP contribution in [0.15, 0.2) is 53.6 Å². The Kier molecular flexibility index (Phi) is 9.09. The van der Waals surface area contributed by atoms with Crippen molar-refractivity contribution in [2.45, 2.75) is 43.9 Å². The fraction of sp³-hybridized carbons (Fsp3) is 0.345. The second-order valence-corrected chi connectivity index (χ2v) is 13.0. The molecule has 0 bridgehead atoms. The van der Waals surface area contributed by atoms with Gasteiger partial charge in [-0.1, -0.05) is 13.8 Å². The molecule has 3 heterocycles. The third-order valence-electron chi connectivity index (χ3n) is 6.83. The molecule has 2 aromatic heterocycles. The van der Waals surface area contributed by atoms with Crippen molar-refractivity contribution < 1.29 is 21.6 Å². The average Bonchev–Trinajstić information content (AvgIpc) is 3.64. The van der Waals surface area contributed by atoms with Crippen LogP contribution in [0, 0.1) is 17.5 Å². The summed E-state index contributed by atoms with van der Waals surface area (Å²) in [5.41, 5.74) is 1.09. The first kappa shape index (κ1) is 29.9. The summed E-state index contributed by atoms with van der Waals surface area (Å²) in [7, 11) is -4.64. The molecule has 222 valence electrons. The monoisotopic (exact) mass is 616 g/mol. The van der Waals surface area contributed by atoms with Crippen molar-refractivity contribution in [3.63, 3.8) is 0 Å². The first-order chi connectivity index (χ1) is 20.1. The summed E-state index contributed by atoms with van der Waals surface area (Å²) < 4.78 is 70.5. The van der Waals surface area contributed by atoms with Gasteiger partial charge in [-0.05, 0) is 81.4 Å². The van der Waals surface area contributed by atoms with Crippen molar-refractivity contribution in [1.29, 1.82) is 0 Å². The summed E-state index contributed by atoms with van der Waals surface area (Å²) >= 11 is 1.43. The van der Waals surface area contributed by atoms with Gasteiger partial charge in [-0.3, -0.25) is 4.72 Å². The zero-order chi connectivity index (χ0) is 29.9. The number of sulfonamides is 1. The SMILES string of the molecule is CC(C)c1nc(-c2ccc(F)c(NS(=O)(=O)c3cc(F)ccc3F)c2)c(-c2ccnc(NCCCN3CCCC3)n2)s1. The molecule has 5 rings (SSSR count). The molecule has 0 spiro atoms. The van der Waals surface area contributed by atoms with Gasteiger partial charge in [0.1, 0.15) is 22.3 Å². The van der Waals surface area contributed by atoms with Gasteiger partial charge in [-0.15, -0.1) is 11.3 Å². The van der Waals surface area contributed by atoms with Gasteiger partial charge in [0.25, 0.3) is 10.0 Å². The quantitative estimate of drug-likeness (QED) is 0.186. The molecule has 0 saturated carbocycles. The molecular formula is C29H31F3N6O2S2. The number of hydrogen-bond donors (Lipinski definition) is 2. The van der Waals surface area contributed by atoms with Crippen LogP contribution in [-0.2, 0) is 10.0 Å². The Labute approximate surface area is 247 Å². The van der Waals surface area contributed by atoms with Crippen LogP contribution in [0.5, 0.6) is 0 Å². The van der Waals surface area contributed by atoms with Gasteiger partial charge in [-0.25, -0.2) is 36.5 Å². The summed E-state index contributed by atoms with van der Waals surface area (Å²) in [6, 6.07) is 7.66. The highest BCUT2D eigenvalue weighted by molar-refractivity contribution is 7.92. The standard InChI is InChI=1S/C29H31F3N6O2S2/c1-18(2)28-36-26(27(41-28)23-10-12-34-29(35-23)33-11-5-15-38-13-3-4-14-38)19-6-8-21(31)24(16-19)37-42(39,40)25-17-20(30)7-9-22(25)32/h6-10,12,16-18,37H,3-5,11,13-15H2,1-2H3,(H,33,34,35). The Morgan fingerprint density at radius 1 is 1.00 bits per heavy atom. The second kappa shape index (κ2) is 12.8. The van der Waals surface area contributed by atoms with E-state index in [2.05, 4.69) is 19.9 Å². The van der Waals surface area contributed by atoms with Gasteiger partial charge in [0.05, 0.1) is 27.0 Å². The second-order valence-electron chi connectivity index (χ2n) is 10.4. The van der Waals surface area contributed by atoms with Gasteiger partial charge in [0.15, 0.2) is 0 Å². The van der Waals surface area contributed by atoms with E-state index in [0.717, 1.165) is 49.7 Å². The Bertz CT molecular complexity index is 1670. The highest BCUT2D eigenvalue weighted by Gasteiger charge is 2.24. The fourth-order valence-corrected chi connectivity index (χ4v) is 6.87. The molecule has 1 saturated heterocycles. The van der Waals surface area contributed by atoms with E-state index in [1.54, 1.807) is 12.3 Å². The number of nitrogens with zero attached hydrogens (tertiary/aromatic N) is 4. The number of aromatic nitrogens is 3. The molecule has 0 radical (unpaired) electrons. The molecule has 0 aliphatic carbocycles. The predicted octanol–water partition coefficient (Wildman–Crippen LogP) is 6.51. The molecule has 0 unspecified atom stereocenters. The number of likely N-dealkylation sites (tertiary alicyclic amines) is 1. The highest BCUT2D eigenvalue weighted by atomic mass is 32.2. The van der Waals surface area contributed by atoms with Crippen LogP contribution in [0.2, 0.25) is 0 Å². The van der Waals surface area contributed by atoms with Gasteiger partial charge >= 0.3 is 0 Å². The number of nitrogens with one attached hydrogen (secondary N) is 2. The Morgan fingerprint density at radius 2 is 1.76 bits per heavy atom. The van der Waals surface area contributed by atoms with Gasteiger partial charge in [0.2, 0.25) is 5.95 Å². The van der Waals surface area contributed by atoms with Crippen LogP contribution in [0.4, 0.5) is 24.8 Å². The van der Waals surface area contributed by atoms with Crippen LogP contribution in [0.3, 0.4) is 0 Å². The molecular weight excluding hydrogens is 585 g/mol. The molecule has 13 heteroatoms. The zero-order valence-corrected chi connectivity index (χ0v) is 24.8. The van der Waals surface area contributed by atoms with Crippen molar-refractivity contribution in [2.75, 3.05) is 36.2 Å². The van der Waals surface area contributed by atoms with E-state index in [-0.39, 0.29) is 5.92 Å². The number of hydrogen-bond acceptors (Lipinski definition) is 8. The van der Waals surface area contributed by atoms with Crippen molar-refractivity contribution in [3.8, 4) is 21.8 Å². The Hall–Kier alpha value is -3.55. The summed E-state index contributed by atoms with van der Waals surface area (Å²) in [4.78, 5) is 16.1. The van der Waals surface area contributed by atoms with Gasteiger partial charge in [0, 0.05) is 24.2 Å². The lowest BCUT2D eigenvalue weighted by molar-refractivity contribution is 0.337. The minimum atomic E-state index is -4.64. The maximum Gasteiger partial charge on any atom is 0.265 e. The lowest BCUT2D eigenvalue weighted by Gasteiger charge is -2.14. The maximum atomic E-state index is 14.8.